The summed E-state index contributed by atoms with van der Waals surface area (Å²) in [5, 5.41) is 2.92. The Bertz CT molecular complexity index is 495. The molecule has 2 rings (SSSR count). The molecule has 21 heavy (non-hydrogen) atoms. The van der Waals surface area contributed by atoms with Crippen LogP contribution in [0.2, 0.25) is 0 Å². The Morgan fingerprint density at radius 3 is 2.81 bits per heavy atom. The SMILES string of the molecule is COc1ccc(CCNC(=O)C2CCCO2)c(OC)c1C. The van der Waals surface area contributed by atoms with Gasteiger partial charge < -0.3 is 19.5 Å². The molecule has 1 atom stereocenters. The summed E-state index contributed by atoms with van der Waals surface area (Å²) >= 11 is 0. The number of rotatable bonds is 6. The highest BCUT2D eigenvalue weighted by atomic mass is 16.5. The second-order valence-corrected chi connectivity index (χ2v) is 5.13. The zero-order valence-corrected chi connectivity index (χ0v) is 12.9. The van der Waals surface area contributed by atoms with Crippen LogP contribution in [0.15, 0.2) is 12.1 Å². The zero-order chi connectivity index (χ0) is 15.2. The molecule has 0 spiro atoms. The van der Waals surface area contributed by atoms with Crippen molar-refractivity contribution in [2.24, 2.45) is 0 Å². The Kier molecular flexibility index (Phi) is 5.44. The Morgan fingerprint density at radius 2 is 2.19 bits per heavy atom. The molecule has 1 aliphatic heterocycles. The van der Waals surface area contributed by atoms with Gasteiger partial charge in [0.15, 0.2) is 0 Å². The topological polar surface area (TPSA) is 56.8 Å². The number of ether oxygens (including phenoxy) is 3. The molecule has 1 fully saturated rings. The fourth-order valence-corrected chi connectivity index (χ4v) is 2.65. The van der Waals surface area contributed by atoms with Crippen molar-refractivity contribution in [3.63, 3.8) is 0 Å². The predicted octanol–water partition coefficient (Wildman–Crippen LogP) is 1.85. The largest absolute Gasteiger partial charge is 0.496 e. The lowest BCUT2D eigenvalue weighted by atomic mass is 10.1. The van der Waals surface area contributed by atoms with E-state index in [0.29, 0.717) is 19.6 Å². The third-order valence-corrected chi connectivity index (χ3v) is 3.78. The average Bonchev–Trinajstić information content (AvgIpc) is 3.02. The lowest BCUT2D eigenvalue weighted by molar-refractivity contribution is -0.129. The van der Waals surface area contributed by atoms with Crippen LogP contribution in [0.5, 0.6) is 11.5 Å². The van der Waals surface area contributed by atoms with Crippen LogP contribution in [0.25, 0.3) is 0 Å². The van der Waals surface area contributed by atoms with Crippen molar-refractivity contribution in [2.45, 2.75) is 32.3 Å². The van der Waals surface area contributed by atoms with Crippen LogP contribution in [0, 0.1) is 6.92 Å². The maximum atomic E-state index is 11.9. The molecule has 0 radical (unpaired) electrons. The summed E-state index contributed by atoms with van der Waals surface area (Å²) < 4.78 is 16.1. The van der Waals surface area contributed by atoms with E-state index < -0.39 is 0 Å². The minimum absolute atomic E-state index is 0.0169. The van der Waals surface area contributed by atoms with Gasteiger partial charge in [0, 0.05) is 18.7 Å². The lowest BCUT2D eigenvalue weighted by Gasteiger charge is -2.15. The number of carbonyl (C=O) groups is 1. The van der Waals surface area contributed by atoms with Gasteiger partial charge in [0.2, 0.25) is 5.91 Å². The van der Waals surface area contributed by atoms with E-state index in [1.807, 2.05) is 19.1 Å². The summed E-state index contributed by atoms with van der Waals surface area (Å²) in [5.74, 6) is 1.61. The highest BCUT2D eigenvalue weighted by Crippen LogP contribution is 2.31. The standard InChI is InChI=1S/C16H23NO4/c1-11-13(19-2)7-6-12(15(11)20-3)8-9-17-16(18)14-5-4-10-21-14/h6-7,14H,4-5,8-10H2,1-3H3,(H,17,18). The highest BCUT2D eigenvalue weighted by molar-refractivity contribution is 5.80. The van der Waals surface area contributed by atoms with Crippen LogP contribution in [0.3, 0.4) is 0 Å². The van der Waals surface area contributed by atoms with Crippen molar-refractivity contribution in [3.05, 3.63) is 23.3 Å². The van der Waals surface area contributed by atoms with Gasteiger partial charge in [-0.1, -0.05) is 6.07 Å². The van der Waals surface area contributed by atoms with Crippen molar-refractivity contribution < 1.29 is 19.0 Å². The van der Waals surface area contributed by atoms with Crippen LogP contribution in [-0.4, -0.2) is 39.4 Å². The average molecular weight is 293 g/mol. The maximum Gasteiger partial charge on any atom is 0.249 e. The van der Waals surface area contributed by atoms with E-state index in [-0.39, 0.29) is 12.0 Å². The van der Waals surface area contributed by atoms with Gasteiger partial charge in [-0.15, -0.1) is 0 Å². The first-order chi connectivity index (χ1) is 10.2. The number of hydrogen-bond donors (Lipinski definition) is 1. The van der Waals surface area contributed by atoms with E-state index in [9.17, 15) is 4.79 Å². The molecule has 1 aliphatic rings. The third kappa shape index (κ3) is 3.67. The first kappa shape index (κ1) is 15.6. The van der Waals surface area contributed by atoms with Gasteiger partial charge in [-0.25, -0.2) is 0 Å². The number of carbonyl (C=O) groups excluding carboxylic acids is 1. The molecule has 0 saturated carbocycles. The minimum atomic E-state index is -0.274. The van der Waals surface area contributed by atoms with E-state index in [4.69, 9.17) is 14.2 Å². The summed E-state index contributed by atoms with van der Waals surface area (Å²) in [6.45, 7) is 3.22. The van der Waals surface area contributed by atoms with Gasteiger partial charge >= 0.3 is 0 Å². The summed E-state index contributed by atoms with van der Waals surface area (Å²) in [5.41, 5.74) is 2.03. The van der Waals surface area contributed by atoms with Gasteiger partial charge in [0.05, 0.1) is 14.2 Å². The Morgan fingerprint density at radius 1 is 1.38 bits per heavy atom. The third-order valence-electron chi connectivity index (χ3n) is 3.78. The number of methoxy groups -OCH3 is 2. The van der Waals surface area contributed by atoms with Gasteiger partial charge in [0.25, 0.3) is 0 Å². The number of benzene rings is 1. The quantitative estimate of drug-likeness (QED) is 0.869. The molecule has 0 aromatic heterocycles. The Hall–Kier alpha value is -1.75. The number of hydrogen-bond acceptors (Lipinski definition) is 4. The Balaban J connectivity index is 1.93. The predicted molar refractivity (Wildman–Crippen MR) is 80.0 cm³/mol. The van der Waals surface area contributed by atoms with E-state index in [1.54, 1.807) is 14.2 Å². The van der Waals surface area contributed by atoms with Gasteiger partial charge in [-0.2, -0.15) is 0 Å². The van der Waals surface area contributed by atoms with Gasteiger partial charge in [0.1, 0.15) is 17.6 Å². The highest BCUT2D eigenvalue weighted by Gasteiger charge is 2.23. The molecule has 0 aliphatic carbocycles. The van der Waals surface area contributed by atoms with Crippen LogP contribution in [0.4, 0.5) is 0 Å². The molecule has 5 heteroatoms. The molecular weight excluding hydrogens is 270 g/mol. The molecule has 1 aromatic carbocycles. The van der Waals surface area contributed by atoms with Crippen LogP contribution in [-0.2, 0) is 16.0 Å². The monoisotopic (exact) mass is 293 g/mol. The molecule has 0 bridgehead atoms. The van der Waals surface area contributed by atoms with E-state index in [0.717, 1.165) is 35.5 Å². The molecular formula is C16H23NO4. The Labute approximate surface area is 125 Å². The van der Waals surface area contributed by atoms with E-state index in [1.165, 1.54) is 0 Å². The molecule has 5 nitrogen and oxygen atoms in total. The van der Waals surface area contributed by atoms with Crippen LogP contribution >= 0.6 is 0 Å². The lowest BCUT2D eigenvalue weighted by Crippen LogP contribution is -2.35. The van der Waals surface area contributed by atoms with Crippen molar-refractivity contribution in [3.8, 4) is 11.5 Å². The summed E-state index contributed by atoms with van der Waals surface area (Å²) in [7, 11) is 3.29. The molecule has 1 heterocycles. The fraction of sp³-hybridized carbons (Fsp3) is 0.562. The second kappa shape index (κ2) is 7.31. The van der Waals surface area contributed by atoms with Gasteiger partial charge in [-0.3, -0.25) is 4.79 Å². The molecule has 116 valence electrons. The second-order valence-electron chi connectivity index (χ2n) is 5.13. The van der Waals surface area contributed by atoms with Crippen molar-refractivity contribution in [1.82, 2.24) is 5.32 Å². The first-order valence-electron chi connectivity index (χ1n) is 7.27. The van der Waals surface area contributed by atoms with Crippen molar-refractivity contribution in [1.29, 1.82) is 0 Å². The van der Waals surface area contributed by atoms with Crippen molar-refractivity contribution in [2.75, 3.05) is 27.4 Å². The van der Waals surface area contributed by atoms with Gasteiger partial charge in [-0.05, 0) is 37.8 Å². The molecule has 1 N–H and O–H groups in total. The smallest absolute Gasteiger partial charge is 0.249 e. The molecule has 1 saturated heterocycles. The minimum Gasteiger partial charge on any atom is -0.496 e. The number of nitrogens with one attached hydrogen (secondary N) is 1. The first-order valence-corrected chi connectivity index (χ1v) is 7.27. The van der Waals surface area contributed by atoms with Crippen LogP contribution in [0.1, 0.15) is 24.0 Å². The van der Waals surface area contributed by atoms with Crippen LogP contribution < -0.4 is 14.8 Å². The zero-order valence-electron chi connectivity index (χ0n) is 12.9. The summed E-state index contributed by atoms with van der Waals surface area (Å²) in [4.78, 5) is 11.9. The van der Waals surface area contributed by atoms with Crippen molar-refractivity contribution >= 4 is 5.91 Å². The fourth-order valence-electron chi connectivity index (χ4n) is 2.65. The number of amides is 1. The van der Waals surface area contributed by atoms with E-state index in [2.05, 4.69) is 5.32 Å². The van der Waals surface area contributed by atoms with E-state index >= 15 is 0 Å². The summed E-state index contributed by atoms with van der Waals surface area (Å²) in [6.07, 6.45) is 2.22. The maximum absolute atomic E-state index is 11.9. The summed E-state index contributed by atoms with van der Waals surface area (Å²) in [6, 6.07) is 3.90. The normalized spacial score (nSPS) is 17.6. The molecule has 1 unspecified atom stereocenters. The molecule has 1 amide bonds. The molecule has 1 aromatic rings.